The molecular formula is C16H18N2S. The number of benzene rings is 1. The summed E-state index contributed by atoms with van der Waals surface area (Å²) in [7, 11) is 0. The van der Waals surface area contributed by atoms with E-state index < -0.39 is 0 Å². The predicted octanol–water partition coefficient (Wildman–Crippen LogP) is 3.77. The zero-order chi connectivity index (χ0) is 13.2. The topological polar surface area (TPSA) is 30.9 Å². The second kappa shape index (κ2) is 5.19. The molecule has 2 nitrogen and oxygen atoms in total. The third-order valence-electron chi connectivity index (χ3n) is 3.47. The van der Waals surface area contributed by atoms with Crippen molar-refractivity contribution in [3.8, 4) is 0 Å². The highest BCUT2D eigenvalue weighted by atomic mass is 32.1. The molecule has 0 saturated carbocycles. The second-order valence-corrected chi connectivity index (χ2v) is 6.02. The summed E-state index contributed by atoms with van der Waals surface area (Å²) < 4.78 is 2.31. The summed E-state index contributed by atoms with van der Waals surface area (Å²) in [6.45, 7) is 3.75. The fraction of sp³-hybridized carbons (Fsp3) is 0.250. The molecule has 3 aromatic rings. The van der Waals surface area contributed by atoms with Crippen LogP contribution in [0.4, 0.5) is 0 Å². The normalized spacial score (nSPS) is 11.3. The summed E-state index contributed by atoms with van der Waals surface area (Å²) in [4.78, 5) is 2.86. The minimum atomic E-state index is 0.597. The molecule has 2 heterocycles. The Morgan fingerprint density at radius 3 is 2.68 bits per heavy atom. The van der Waals surface area contributed by atoms with Gasteiger partial charge >= 0.3 is 0 Å². The van der Waals surface area contributed by atoms with Crippen molar-refractivity contribution in [3.63, 3.8) is 0 Å². The summed E-state index contributed by atoms with van der Waals surface area (Å²) >= 11 is 1.90. The van der Waals surface area contributed by atoms with Gasteiger partial charge in [0.1, 0.15) is 0 Å². The zero-order valence-electron chi connectivity index (χ0n) is 11.1. The fourth-order valence-electron chi connectivity index (χ4n) is 2.36. The molecule has 0 radical (unpaired) electrons. The third kappa shape index (κ3) is 2.44. The Hall–Kier alpha value is -1.58. The van der Waals surface area contributed by atoms with E-state index in [1.165, 1.54) is 26.2 Å². The van der Waals surface area contributed by atoms with Gasteiger partial charge in [-0.2, -0.15) is 0 Å². The van der Waals surface area contributed by atoms with Crippen molar-refractivity contribution in [1.82, 2.24) is 4.57 Å². The number of aromatic nitrogens is 1. The molecule has 3 rings (SSSR count). The molecule has 19 heavy (non-hydrogen) atoms. The zero-order valence-corrected chi connectivity index (χ0v) is 11.9. The minimum absolute atomic E-state index is 0.597. The molecule has 0 aliphatic carbocycles. The summed E-state index contributed by atoms with van der Waals surface area (Å²) in [5.74, 6) is 0. The SMILES string of the molecule is CCc1ccc(Cn2ccc3ccc(CN)cc32)s1. The smallest absolute Gasteiger partial charge is 0.0569 e. The molecule has 0 unspecified atom stereocenters. The molecule has 2 N–H and O–H groups in total. The van der Waals surface area contributed by atoms with E-state index in [0.29, 0.717) is 6.54 Å². The van der Waals surface area contributed by atoms with Crippen molar-refractivity contribution < 1.29 is 0 Å². The summed E-state index contributed by atoms with van der Waals surface area (Å²) in [6, 6.07) is 13.1. The highest BCUT2D eigenvalue weighted by Gasteiger charge is 2.04. The highest BCUT2D eigenvalue weighted by Crippen LogP contribution is 2.22. The van der Waals surface area contributed by atoms with Gasteiger partial charge in [0.05, 0.1) is 6.54 Å². The molecule has 2 aromatic heterocycles. The van der Waals surface area contributed by atoms with Crippen LogP contribution >= 0.6 is 11.3 Å². The quantitative estimate of drug-likeness (QED) is 0.768. The van der Waals surface area contributed by atoms with Gasteiger partial charge in [-0.1, -0.05) is 19.1 Å². The van der Waals surface area contributed by atoms with Gasteiger partial charge in [-0.25, -0.2) is 0 Å². The molecular weight excluding hydrogens is 252 g/mol. The van der Waals surface area contributed by atoms with E-state index in [4.69, 9.17) is 5.73 Å². The van der Waals surface area contributed by atoms with Gasteiger partial charge in [0.15, 0.2) is 0 Å². The van der Waals surface area contributed by atoms with Crippen LogP contribution in [0.5, 0.6) is 0 Å². The van der Waals surface area contributed by atoms with E-state index in [0.717, 1.165) is 13.0 Å². The second-order valence-electron chi connectivity index (χ2n) is 4.76. The van der Waals surface area contributed by atoms with Crippen LogP contribution in [0.2, 0.25) is 0 Å². The molecule has 0 aliphatic rings. The van der Waals surface area contributed by atoms with Crippen molar-refractivity contribution >= 4 is 22.2 Å². The first-order valence-corrected chi connectivity index (χ1v) is 7.47. The lowest BCUT2D eigenvalue weighted by atomic mass is 10.1. The molecule has 3 heteroatoms. The number of aryl methyl sites for hydroxylation is 1. The number of thiophene rings is 1. The van der Waals surface area contributed by atoms with Crippen LogP contribution < -0.4 is 5.73 Å². The maximum Gasteiger partial charge on any atom is 0.0569 e. The van der Waals surface area contributed by atoms with E-state index in [-0.39, 0.29) is 0 Å². The summed E-state index contributed by atoms with van der Waals surface area (Å²) in [5.41, 5.74) is 8.19. The van der Waals surface area contributed by atoms with Crippen molar-refractivity contribution in [2.45, 2.75) is 26.4 Å². The molecule has 0 atom stereocenters. The van der Waals surface area contributed by atoms with Crippen molar-refractivity contribution in [2.75, 3.05) is 0 Å². The Bertz CT molecular complexity index is 694. The van der Waals surface area contributed by atoms with Gasteiger partial charge in [0.2, 0.25) is 0 Å². The van der Waals surface area contributed by atoms with E-state index in [1.54, 1.807) is 0 Å². The third-order valence-corrected chi connectivity index (χ3v) is 4.68. The molecule has 0 spiro atoms. The molecule has 0 amide bonds. The van der Waals surface area contributed by atoms with Gasteiger partial charge < -0.3 is 10.3 Å². The molecule has 0 bridgehead atoms. The van der Waals surface area contributed by atoms with Gasteiger partial charge in [-0.3, -0.25) is 0 Å². The summed E-state index contributed by atoms with van der Waals surface area (Å²) in [6.07, 6.45) is 3.28. The Kier molecular flexibility index (Phi) is 3.40. The minimum Gasteiger partial charge on any atom is -0.342 e. The van der Waals surface area contributed by atoms with Crippen LogP contribution in [0.25, 0.3) is 10.9 Å². The standard InChI is InChI=1S/C16H18N2S/c1-2-14-5-6-15(19-14)11-18-8-7-13-4-3-12(10-17)9-16(13)18/h3-9H,2,10-11,17H2,1H3. The van der Waals surface area contributed by atoms with Crippen molar-refractivity contribution in [2.24, 2.45) is 5.73 Å². The van der Waals surface area contributed by atoms with Crippen LogP contribution in [0.3, 0.4) is 0 Å². The van der Waals surface area contributed by atoms with Crippen LogP contribution in [0.1, 0.15) is 22.2 Å². The number of hydrogen-bond donors (Lipinski definition) is 1. The number of nitrogens with zero attached hydrogens (tertiary/aromatic N) is 1. The highest BCUT2D eigenvalue weighted by molar-refractivity contribution is 7.11. The van der Waals surface area contributed by atoms with Gasteiger partial charge in [-0.15, -0.1) is 11.3 Å². The lowest BCUT2D eigenvalue weighted by Crippen LogP contribution is -1.98. The Morgan fingerprint density at radius 1 is 1.11 bits per heavy atom. The molecule has 98 valence electrons. The largest absolute Gasteiger partial charge is 0.342 e. The Balaban J connectivity index is 1.95. The lowest BCUT2D eigenvalue weighted by molar-refractivity contribution is 0.850. The van der Waals surface area contributed by atoms with Gasteiger partial charge in [0, 0.05) is 28.0 Å². The van der Waals surface area contributed by atoms with Crippen molar-refractivity contribution in [3.05, 3.63) is 57.9 Å². The molecule has 0 aliphatic heterocycles. The van der Waals surface area contributed by atoms with Crippen LogP contribution in [-0.2, 0) is 19.5 Å². The molecule has 0 saturated heterocycles. The van der Waals surface area contributed by atoms with E-state index in [1.807, 2.05) is 11.3 Å². The van der Waals surface area contributed by atoms with Crippen LogP contribution in [-0.4, -0.2) is 4.57 Å². The Morgan fingerprint density at radius 2 is 1.95 bits per heavy atom. The lowest BCUT2D eigenvalue weighted by Gasteiger charge is -2.05. The number of rotatable bonds is 4. The van der Waals surface area contributed by atoms with E-state index in [2.05, 4.69) is 54.1 Å². The summed E-state index contributed by atoms with van der Waals surface area (Å²) in [5, 5.41) is 1.28. The first-order valence-electron chi connectivity index (χ1n) is 6.65. The van der Waals surface area contributed by atoms with Crippen molar-refractivity contribution in [1.29, 1.82) is 0 Å². The number of nitrogens with two attached hydrogens (primary N) is 1. The fourth-order valence-corrected chi connectivity index (χ4v) is 3.32. The monoisotopic (exact) mass is 270 g/mol. The predicted molar refractivity (Wildman–Crippen MR) is 82.6 cm³/mol. The van der Waals surface area contributed by atoms with Crippen LogP contribution in [0.15, 0.2) is 42.6 Å². The number of fused-ring (bicyclic) bond motifs is 1. The maximum atomic E-state index is 5.73. The van der Waals surface area contributed by atoms with Crippen LogP contribution in [0, 0.1) is 0 Å². The first kappa shape index (κ1) is 12.5. The average molecular weight is 270 g/mol. The van der Waals surface area contributed by atoms with E-state index >= 15 is 0 Å². The number of hydrogen-bond acceptors (Lipinski definition) is 2. The van der Waals surface area contributed by atoms with Gasteiger partial charge in [0.25, 0.3) is 0 Å². The Labute approximate surface area is 117 Å². The first-order chi connectivity index (χ1) is 9.30. The average Bonchev–Trinajstić information content (AvgIpc) is 3.06. The van der Waals surface area contributed by atoms with E-state index in [9.17, 15) is 0 Å². The van der Waals surface area contributed by atoms with Gasteiger partial charge in [-0.05, 0) is 41.6 Å². The molecule has 1 aromatic carbocycles. The molecule has 0 fully saturated rings. The maximum absolute atomic E-state index is 5.73.